The molecule has 21 heavy (non-hydrogen) atoms. The number of amides is 2. The maximum atomic E-state index is 12.2. The third kappa shape index (κ3) is 3.61. The lowest BCUT2D eigenvalue weighted by atomic mass is 10.2. The summed E-state index contributed by atoms with van der Waals surface area (Å²) in [5, 5.41) is 7.36. The predicted molar refractivity (Wildman–Crippen MR) is 84.3 cm³/mol. The fourth-order valence-electron chi connectivity index (χ4n) is 1.87. The lowest BCUT2D eigenvalue weighted by Crippen LogP contribution is -2.12. The number of ether oxygens (including phenoxy) is 1. The molecule has 0 saturated heterocycles. The Morgan fingerprint density at radius 1 is 1.19 bits per heavy atom. The zero-order chi connectivity index (χ0) is 15.4. The Hall–Kier alpha value is -2.34. The van der Waals surface area contributed by atoms with Crippen molar-refractivity contribution in [3.8, 4) is 5.75 Å². The number of methoxy groups -OCH3 is 1. The minimum Gasteiger partial charge on any atom is -0.495 e. The zero-order valence-electron chi connectivity index (χ0n) is 12.0. The number of hydrogen-bond acceptors (Lipinski definition) is 4. The van der Waals surface area contributed by atoms with Gasteiger partial charge in [-0.1, -0.05) is 0 Å². The van der Waals surface area contributed by atoms with Crippen LogP contribution in [0.15, 0.2) is 29.6 Å². The van der Waals surface area contributed by atoms with E-state index in [9.17, 15) is 9.59 Å². The Kier molecular flexibility index (Phi) is 4.59. The Labute approximate surface area is 126 Å². The molecular formula is C15H16N2O3S. The Morgan fingerprint density at radius 3 is 2.52 bits per heavy atom. The van der Waals surface area contributed by atoms with Gasteiger partial charge in [0.1, 0.15) is 5.75 Å². The summed E-state index contributed by atoms with van der Waals surface area (Å²) in [7, 11) is 1.52. The van der Waals surface area contributed by atoms with Gasteiger partial charge in [0.05, 0.1) is 17.7 Å². The highest BCUT2D eigenvalue weighted by atomic mass is 32.1. The average molecular weight is 304 g/mol. The van der Waals surface area contributed by atoms with Crippen molar-refractivity contribution in [2.75, 3.05) is 17.7 Å². The first-order chi connectivity index (χ1) is 10.0. The molecule has 2 N–H and O–H groups in total. The fourth-order valence-corrected chi connectivity index (χ4v) is 2.69. The van der Waals surface area contributed by atoms with Crippen LogP contribution in [0.25, 0.3) is 0 Å². The van der Waals surface area contributed by atoms with Gasteiger partial charge in [-0.2, -0.15) is 0 Å². The van der Waals surface area contributed by atoms with E-state index in [-0.39, 0.29) is 11.8 Å². The number of anilines is 2. The number of carbonyl (C=O) groups excluding carboxylic acids is 2. The maximum absolute atomic E-state index is 12.2. The quantitative estimate of drug-likeness (QED) is 0.911. The lowest BCUT2D eigenvalue weighted by molar-refractivity contribution is -0.114. The van der Waals surface area contributed by atoms with Crippen molar-refractivity contribution < 1.29 is 14.3 Å². The smallest absolute Gasteiger partial charge is 0.265 e. The minimum absolute atomic E-state index is 0.165. The molecule has 0 bridgehead atoms. The first-order valence-electron chi connectivity index (χ1n) is 6.32. The van der Waals surface area contributed by atoms with Crippen LogP contribution in [0.3, 0.4) is 0 Å². The van der Waals surface area contributed by atoms with Crippen molar-refractivity contribution in [2.45, 2.75) is 13.8 Å². The summed E-state index contributed by atoms with van der Waals surface area (Å²) in [5.74, 6) is 0.169. The molecule has 2 amide bonds. The summed E-state index contributed by atoms with van der Waals surface area (Å²) in [6.07, 6.45) is 0. The van der Waals surface area contributed by atoms with E-state index < -0.39 is 0 Å². The molecule has 6 heteroatoms. The van der Waals surface area contributed by atoms with Crippen LogP contribution in [-0.2, 0) is 4.79 Å². The van der Waals surface area contributed by atoms with Gasteiger partial charge in [-0.25, -0.2) is 0 Å². The highest BCUT2D eigenvalue weighted by molar-refractivity contribution is 7.12. The summed E-state index contributed by atoms with van der Waals surface area (Å²) < 4.78 is 5.17. The summed E-state index contributed by atoms with van der Waals surface area (Å²) in [6.45, 7) is 3.31. The third-order valence-corrected chi connectivity index (χ3v) is 3.85. The molecular weight excluding hydrogens is 288 g/mol. The van der Waals surface area contributed by atoms with Crippen LogP contribution < -0.4 is 15.4 Å². The van der Waals surface area contributed by atoms with E-state index in [0.29, 0.717) is 22.0 Å². The summed E-state index contributed by atoms with van der Waals surface area (Å²) >= 11 is 1.39. The monoisotopic (exact) mass is 304 g/mol. The average Bonchev–Trinajstić information content (AvgIpc) is 2.85. The second-order valence-electron chi connectivity index (χ2n) is 4.48. The van der Waals surface area contributed by atoms with Crippen LogP contribution >= 0.6 is 11.3 Å². The van der Waals surface area contributed by atoms with Crippen LogP contribution in [-0.4, -0.2) is 18.9 Å². The van der Waals surface area contributed by atoms with Crippen LogP contribution in [0, 0.1) is 6.92 Å². The van der Waals surface area contributed by atoms with Gasteiger partial charge in [-0.05, 0) is 42.1 Å². The van der Waals surface area contributed by atoms with Crippen LogP contribution in [0.4, 0.5) is 11.4 Å². The molecule has 0 aliphatic carbocycles. The normalized spacial score (nSPS) is 10.0. The first kappa shape index (κ1) is 15.1. The number of hydrogen-bond donors (Lipinski definition) is 2. The molecule has 110 valence electrons. The maximum Gasteiger partial charge on any atom is 0.265 e. The van der Waals surface area contributed by atoms with Gasteiger partial charge >= 0.3 is 0 Å². The molecule has 2 rings (SSSR count). The van der Waals surface area contributed by atoms with Gasteiger partial charge in [-0.3, -0.25) is 9.59 Å². The van der Waals surface area contributed by atoms with Gasteiger partial charge in [0.15, 0.2) is 0 Å². The molecule has 0 fully saturated rings. The van der Waals surface area contributed by atoms with Gasteiger partial charge in [0.25, 0.3) is 5.91 Å². The molecule has 0 aliphatic rings. The summed E-state index contributed by atoms with van der Waals surface area (Å²) in [5.41, 5.74) is 2.05. The standard InChI is InChI=1S/C15H16N2O3S/c1-9-6-7-21-14(9)15(19)17-11-4-5-13(20-3)12(8-11)16-10(2)18/h4-8H,1-3H3,(H,16,18)(H,17,19). The molecule has 2 aromatic rings. The lowest BCUT2D eigenvalue weighted by Gasteiger charge is -2.11. The van der Waals surface area contributed by atoms with Crippen LogP contribution in [0.2, 0.25) is 0 Å². The molecule has 0 saturated carbocycles. The fraction of sp³-hybridized carbons (Fsp3) is 0.200. The number of benzene rings is 1. The van der Waals surface area contributed by atoms with E-state index in [4.69, 9.17) is 4.74 Å². The zero-order valence-corrected chi connectivity index (χ0v) is 12.8. The number of thiophene rings is 1. The van der Waals surface area contributed by atoms with Crippen molar-refractivity contribution in [1.82, 2.24) is 0 Å². The van der Waals surface area contributed by atoms with E-state index in [1.54, 1.807) is 18.2 Å². The van der Waals surface area contributed by atoms with Gasteiger partial charge < -0.3 is 15.4 Å². The van der Waals surface area contributed by atoms with Crippen molar-refractivity contribution in [3.05, 3.63) is 40.1 Å². The molecule has 1 aromatic carbocycles. The molecule has 0 aliphatic heterocycles. The molecule has 1 heterocycles. The van der Waals surface area contributed by atoms with Gasteiger partial charge in [0, 0.05) is 12.6 Å². The second-order valence-corrected chi connectivity index (χ2v) is 5.40. The Balaban J connectivity index is 2.22. The molecule has 1 aromatic heterocycles. The van der Waals surface area contributed by atoms with E-state index >= 15 is 0 Å². The Bertz CT molecular complexity index is 679. The molecule has 0 atom stereocenters. The van der Waals surface area contributed by atoms with Crippen LogP contribution in [0.1, 0.15) is 22.2 Å². The molecule has 5 nitrogen and oxygen atoms in total. The van der Waals surface area contributed by atoms with E-state index in [2.05, 4.69) is 10.6 Å². The van der Waals surface area contributed by atoms with E-state index in [0.717, 1.165) is 5.56 Å². The SMILES string of the molecule is COc1ccc(NC(=O)c2sccc2C)cc1NC(C)=O. The number of aryl methyl sites for hydroxylation is 1. The van der Waals surface area contributed by atoms with Gasteiger partial charge in [-0.15, -0.1) is 11.3 Å². The summed E-state index contributed by atoms with van der Waals surface area (Å²) in [4.78, 5) is 24.0. The van der Waals surface area contributed by atoms with Crippen molar-refractivity contribution >= 4 is 34.5 Å². The van der Waals surface area contributed by atoms with Gasteiger partial charge in [0.2, 0.25) is 5.91 Å². The van der Waals surface area contributed by atoms with Crippen molar-refractivity contribution in [3.63, 3.8) is 0 Å². The topological polar surface area (TPSA) is 67.4 Å². The minimum atomic E-state index is -0.203. The second kappa shape index (κ2) is 6.41. The third-order valence-electron chi connectivity index (χ3n) is 2.84. The first-order valence-corrected chi connectivity index (χ1v) is 7.20. The molecule has 0 unspecified atom stereocenters. The summed E-state index contributed by atoms with van der Waals surface area (Å²) in [6, 6.07) is 6.99. The number of carbonyl (C=O) groups is 2. The largest absolute Gasteiger partial charge is 0.495 e. The Morgan fingerprint density at radius 2 is 1.95 bits per heavy atom. The van der Waals surface area contributed by atoms with E-state index in [1.807, 2.05) is 18.4 Å². The highest BCUT2D eigenvalue weighted by Crippen LogP contribution is 2.28. The molecule has 0 radical (unpaired) electrons. The molecule has 0 spiro atoms. The predicted octanol–water partition coefficient (Wildman–Crippen LogP) is 3.28. The number of nitrogens with one attached hydrogen (secondary N) is 2. The van der Waals surface area contributed by atoms with Crippen LogP contribution in [0.5, 0.6) is 5.75 Å². The highest BCUT2D eigenvalue weighted by Gasteiger charge is 2.12. The van der Waals surface area contributed by atoms with Crippen molar-refractivity contribution in [1.29, 1.82) is 0 Å². The number of rotatable bonds is 4. The van der Waals surface area contributed by atoms with E-state index in [1.165, 1.54) is 25.4 Å². The van der Waals surface area contributed by atoms with Crippen molar-refractivity contribution in [2.24, 2.45) is 0 Å².